The lowest BCUT2D eigenvalue weighted by Crippen LogP contribution is -2.26. The average Bonchev–Trinajstić information content (AvgIpc) is 2.74. The largest absolute Gasteiger partial charge is 0.369 e. The SMILES string of the molecule is N[C@H]1CCN(c2ccnc3cc(Cl)ccc23)C1. The van der Waals surface area contributed by atoms with Gasteiger partial charge in [0.15, 0.2) is 0 Å². The van der Waals surface area contributed by atoms with E-state index in [4.69, 9.17) is 17.3 Å². The van der Waals surface area contributed by atoms with E-state index < -0.39 is 0 Å². The van der Waals surface area contributed by atoms with Crippen LogP contribution in [0.1, 0.15) is 6.42 Å². The predicted octanol–water partition coefficient (Wildman–Crippen LogP) is 2.43. The van der Waals surface area contributed by atoms with Crippen molar-refractivity contribution >= 4 is 28.2 Å². The van der Waals surface area contributed by atoms with Gasteiger partial charge in [-0.2, -0.15) is 0 Å². The highest BCUT2D eigenvalue weighted by Crippen LogP contribution is 2.29. The summed E-state index contributed by atoms with van der Waals surface area (Å²) in [5.41, 5.74) is 8.10. The second-order valence-corrected chi connectivity index (χ2v) is 4.92. The number of nitrogens with two attached hydrogens (primary N) is 1. The number of hydrogen-bond donors (Lipinski definition) is 1. The Morgan fingerprint density at radius 1 is 1.35 bits per heavy atom. The molecular formula is C13H14ClN3. The highest BCUT2D eigenvalue weighted by Gasteiger charge is 2.20. The number of anilines is 1. The molecule has 1 aromatic heterocycles. The number of halogens is 1. The van der Waals surface area contributed by atoms with Crippen molar-refractivity contribution in [1.82, 2.24) is 4.98 Å². The number of rotatable bonds is 1. The Morgan fingerprint density at radius 3 is 3.00 bits per heavy atom. The monoisotopic (exact) mass is 247 g/mol. The second kappa shape index (κ2) is 4.17. The summed E-state index contributed by atoms with van der Waals surface area (Å²) in [5, 5.41) is 1.87. The van der Waals surface area contributed by atoms with Crippen molar-refractivity contribution in [3.63, 3.8) is 0 Å². The number of pyridine rings is 1. The van der Waals surface area contributed by atoms with Crippen molar-refractivity contribution in [2.75, 3.05) is 18.0 Å². The summed E-state index contributed by atoms with van der Waals surface area (Å²) in [6.07, 6.45) is 2.88. The van der Waals surface area contributed by atoms with Crippen LogP contribution in [0.15, 0.2) is 30.5 Å². The van der Waals surface area contributed by atoms with Crippen LogP contribution in [0, 0.1) is 0 Å². The number of nitrogens with zero attached hydrogens (tertiary/aromatic N) is 2. The topological polar surface area (TPSA) is 42.1 Å². The fourth-order valence-corrected chi connectivity index (χ4v) is 2.55. The van der Waals surface area contributed by atoms with Crippen LogP contribution < -0.4 is 10.6 Å². The molecule has 2 N–H and O–H groups in total. The quantitative estimate of drug-likeness (QED) is 0.842. The molecule has 0 spiro atoms. The second-order valence-electron chi connectivity index (χ2n) is 4.49. The van der Waals surface area contributed by atoms with Crippen molar-refractivity contribution in [3.8, 4) is 0 Å². The molecule has 17 heavy (non-hydrogen) atoms. The standard InChI is InChI=1S/C13H14ClN3/c14-9-1-2-11-12(7-9)16-5-3-13(11)17-6-4-10(15)8-17/h1-3,5,7,10H,4,6,8,15H2/t10-/m0/s1. The fourth-order valence-electron chi connectivity index (χ4n) is 2.39. The lowest BCUT2D eigenvalue weighted by atomic mass is 10.2. The van der Waals surface area contributed by atoms with Crippen LogP contribution in [0.2, 0.25) is 5.02 Å². The zero-order chi connectivity index (χ0) is 11.8. The molecule has 0 unspecified atom stereocenters. The van der Waals surface area contributed by atoms with E-state index in [2.05, 4.69) is 9.88 Å². The summed E-state index contributed by atoms with van der Waals surface area (Å²) >= 11 is 5.98. The molecule has 3 nitrogen and oxygen atoms in total. The van der Waals surface area contributed by atoms with E-state index in [1.54, 1.807) is 0 Å². The van der Waals surface area contributed by atoms with Gasteiger partial charge in [0, 0.05) is 41.4 Å². The highest BCUT2D eigenvalue weighted by molar-refractivity contribution is 6.31. The van der Waals surface area contributed by atoms with E-state index in [1.807, 2.05) is 30.5 Å². The van der Waals surface area contributed by atoms with Crippen LogP contribution in [-0.4, -0.2) is 24.1 Å². The molecule has 1 aliphatic heterocycles. The Morgan fingerprint density at radius 2 is 2.24 bits per heavy atom. The fraction of sp³-hybridized carbons (Fsp3) is 0.308. The molecule has 4 heteroatoms. The van der Waals surface area contributed by atoms with Crippen LogP contribution in [0.5, 0.6) is 0 Å². The lowest BCUT2D eigenvalue weighted by molar-refractivity contribution is 0.752. The molecule has 1 saturated heterocycles. The minimum Gasteiger partial charge on any atom is -0.369 e. The summed E-state index contributed by atoms with van der Waals surface area (Å²) in [7, 11) is 0. The van der Waals surface area contributed by atoms with Crippen molar-refractivity contribution in [2.45, 2.75) is 12.5 Å². The first-order chi connectivity index (χ1) is 8.24. The van der Waals surface area contributed by atoms with E-state index in [-0.39, 0.29) is 6.04 Å². The Balaban J connectivity index is 2.10. The minimum atomic E-state index is 0.283. The Hall–Kier alpha value is -1.32. The molecule has 0 amide bonds. The molecule has 0 bridgehead atoms. The molecule has 1 fully saturated rings. The maximum Gasteiger partial charge on any atom is 0.0737 e. The first kappa shape index (κ1) is 10.8. The van der Waals surface area contributed by atoms with Gasteiger partial charge < -0.3 is 10.6 Å². The van der Waals surface area contributed by atoms with E-state index in [0.29, 0.717) is 0 Å². The number of benzene rings is 1. The van der Waals surface area contributed by atoms with Crippen LogP contribution in [0.3, 0.4) is 0 Å². The Labute approximate surface area is 105 Å². The first-order valence-corrected chi connectivity index (χ1v) is 6.16. The lowest BCUT2D eigenvalue weighted by Gasteiger charge is -2.19. The summed E-state index contributed by atoms with van der Waals surface area (Å²) in [6.45, 7) is 1.94. The van der Waals surface area contributed by atoms with Gasteiger partial charge in [0.1, 0.15) is 0 Å². The molecule has 88 valence electrons. The normalized spacial score (nSPS) is 20.1. The summed E-state index contributed by atoms with van der Waals surface area (Å²) in [6, 6.07) is 8.17. The van der Waals surface area contributed by atoms with Crippen LogP contribution in [-0.2, 0) is 0 Å². The van der Waals surface area contributed by atoms with E-state index in [9.17, 15) is 0 Å². The van der Waals surface area contributed by atoms with Gasteiger partial charge in [-0.25, -0.2) is 0 Å². The van der Waals surface area contributed by atoms with Gasteiger partial charge in [-0.1, -0.05) is 11.6 Å². The van der Waals surface area contributed by atoms with Crippen molar-refractivity contribution in [2.24, 2.45) is 5.73 Å². The van der Waals surface area contributed by atoms with Crippen molar-refractivity contribution in [1.29, 1.82) is 0 Å². The molecule has 2 aromatic rings. The predicted molar refractivity (Wildman–Crippen MR) is 71.6 cm³/mol. The van der Waals surface area contributed by atoms with Gasteiger partial charge in [0.25, 0.3) is 0 Å². The van der Waals surface area contributed by atoms with Gasteiger partial charge in [-0.3, -0.25) is 4.98 Å². The zero-order valence-electron chi connectivity index (χ0n) is 9.44. The summed E-state index contributed by atoms with van der Waals surface area (Å²) in [5.74, 6) is 0. The van der Waals surface area contributed by atoms with E-state index >= 15 is 0 Å². The first-order valence-electron chi connectivity index (χ1n) is 5.79. The molecule has 0 saturated carbocycles. The summed E-state index contributed by atoms with van der Waals surface area (Å²) in [4.78, 5) is 6.67. The molecule has 2 heterocycles. The maximum atomic E-state index is 5.98. The number of fused-ring (bicyclic) bond motifs is 1. The molecular weight excluding hydrogens is 234 g/mol. The highest BCUT2D eigenvalue weighted by atomic mass is 35.5. The van der Waals surface area contributed by atoms with Gasteiger partial charge in [-0.05, 0) is 30.7 Å². The van der Waals surface area contributed by atoms with Gasteiger partial charge >= 0.3 is 0 Å². The Kier molecular flexibility index (Phi) is 2.65. The maximum absolute atomic E-state index is 5.98. The van der Waals surface area contributed by atoms with Gasteiger partial charge in [0.2, 0.25) is 0 Å². The van der Waals surface area contributed by atoms with Crippen molar-refractivity contribution < 1.29 is 0 Å². The molecule has 1 aliphatic rings. The van der Waals surface area contributed by atoms with E-state index in [0.717, 1.165) is 35.4 Å². The molecule has 3 rings (SSSR count). The third kappa shape index (κ3) is 1.96. The van der Waals surface area contributed by atoms with Crippen LogP contribution in [0.4, 0.5) is 5.69 Å². The van der Waals surface area contributed by atoms with Crippen LogP contribution in [0.25, 0.3) is 10.9 Å². The molecule has 1 aromatic carbocycles. The molecule has 0 aliphatic carbocycles. The third-order valence-electron chi connectivity index (χ3n) is 3.25. The molecule has 0 radical (unpaired) electrons. The van der Waals surface area contributed by atoms with E-state index in [1.165, 1.54) is 5.69 Å². The average molecular weight is 248 g/mol. The van der Waals surface area contributed by atoms with Gasteiger partial charge in [-0.15, -0.1) is 0 Å². The smallest absolute Gasteiger partial charge is 0.0737 e. The van der Waals surface area contributed by atoms with Crippen molar-refractivity contribution in [3.05, 3.63) is 35.5 Å². The molecule has 1 atom stereocenters. The zero-order valence-corrected chi connectivity index (χ0v) is 10.2. The minimum absolute atomic E-state index is 0.283. The number of hydrogen-bond acceptors (Lipinski definition) is 3. The number of aromatic nitrogens is 1. The van der Waals surface area contributed by atoms with Crippen LogP contribution >= 0.6 is 11.6 Å². The third-order valence-corrected chi connectivity index (χ3v) is 3.48. The summed E-state index contributed by atoms with van der Waals surface area (Å²) < 4.78 is 0. The Bertz CT molecular complexity index is 555. The van der Waals surface area contributed by atoms with Gasteiger partial charge in [0.05, 0.1) is 5.52 Å².